The molecule has 0 aromatic carbocycles. The van der Waals surface area contributed by atoms with E-state index in [0.717, 1.165) is 0 Å². The van der Waals surface area contributed by atoms with Crippen LogP contribution in [0.3, 0.4) is 0 Å². The highest BCUT2D eigenvalue weighted by molar-refractivity contribution is 7.80. The lowest BCUT2D eigenvalue weighted by Crippen LogP contribution is -2.57. The molecule has 0 saturated carbocycles. The average Bonchev–Trinajstić information content (AvgIpc) is 3.34. The fourth-order valence-electron chi connectivity index (χ4n) is 3.25. The van der Waals surface area contributed by atoms with Crippen molar-refractivity contribution in [2.24, 2.45) is 17.2 Å². The summed E-state index contributed by atoms with van der Waals surface area (Å²) in [5, 5.41) is 17.3. The predicted octanol–water partition coefficient (Wildman–Crippen LogP) is -1.99. The fourth-order valence-corrected chi connectivity index (χ4v) is 3.41. The summed E-state index contributed by atoms with van der Waals surface area (Å²) in [7, 11) is 0. The topological polar surface area (TPSA) is 231 Å². The third-order valence-corrected chi connectivity index (χ3v) is 5.68. The molecule has 0 aliphatic heterocycles. The Kier molecular flexibility index (Phi) is 14.6. The molecular weight excluding hydrogens is 476 g/mol. The first kappa shape index (κ1) is 30.4. The number of nitrogens with two attached hydrogens (primary N) is 3. The molecule has 0 fully saturated rings. The van der Waals surface area contributed by atoms with Crippen LogP contribution in [0.25, 0.3) is 0 Å². The number of carboxylic acids is 1. The van der Waals surface area contributed by atoms with E-state index in [4.69, 9.17) is 17.2 Å². The summed E-state index contributed by atoms with van der Waals surface area (Å²) in [5.74, 6) is -2.90. The van der Waals surface area contributed by atoms with E-state index in [1.807, 2.05) is 0 Å². The maximum absolute atomic E-state index is 13.1. The molecule has 1 rings (SSSR count). The van der Waals surface area contributed by atoms with Gasteiger partial charge in [-0.3, -0.25) is 14.4 Å². The molecule has 4 unspecified atom stereocenters. The van der Waals surface area contributed by atoms with E-state index in [0.29, 0.717) is 50.9 Å². The van der Waals surface area contributed by atoms with Gasteiger partial charge in [0, 0.05) is 24.1 Å². The minimum atomic E-state index is -1.23. The summed E-state index contributed by atoms with van der Waals surface area (Å²) in [4.78, 5) is 56.7. The number of nitrogens with one attached hydrogen (secondary N) is 4. The summed E-state index contributed by atoms with van der Waals surface area (Å²) >= 11 is 4.00. The van der Waals surface area contributed by atoms with Crippen molar-refractivity contribution in [2.75, 3.05) is 18.8 Å². The second kappa shape index (κ2) is 16.9. The largest absolute Gasteiger partial charge is 0.480 e. The lowest BCUT2D eigenvalue weighted by Gasteiger charge is -2.25. The summed E-state index contributed by atoms with van der Waals surface area (Å²) < 4.78 is 0. The SMILES string of the molecule is NCCCCC(NC(=O)C(N)CS)C(=O)NC(CCCCN)C(=O)NC(Cc1cnc[nH]1)C(=O)O. The number of rotatable bonds is 18. The number of H-pyrrole nitrogens is 1. The fraction of sp³-hybridized carbons (Fsp3) is 0.667. The number of carbonyl (C=O) groups excluding carboxylic acids is 3. The van der Waals surface area contributed by atoms with Crippen LogP contribution in [-0.2, 0) is 25.6 Å². The van der Waals surface area contributed by atoms with Crippen molar-refractivity contribution in [1.29, 1.82) is 0 Å². The van der Waals surface area contributed by atoms with E-state index in [2.05, 4.69) is 38.5 Å². The van der Waals surface area contributed by atoms with E-state index in [1.54, 1.807) is 0 Å². The Bertz CT molecular complexity index is 795. The molecule has 13 nitrogen and oxygen atoms in total. The molecule has 0 radical (unpaired) electrons. The minimum Gasteiger partial charge on any atom is -0.480 e. The maximum atomic E-state index is 13.1. The number of carbonyl (C=O) groups is 4. The molecule has 0 saturated heterocycles. The van der Waals surface area contributed by atoms with Gasteiger partial charge in [-0.25, -0.2) is 9.78 Å². The van der Waals surface area contributed by atoms with Crippen LogP contribution in [0.1, 0.15) is 44.2 Å². The summed E-state index contributed by atoms with van der Waals surface area (Å²) in [6, 6.07) is -4.09. The van der Waals surface area contributed by atoms with Crippen molar-refractivity contribution in [3.8, 4) is 0 Å². The van der Waals surface area contributed by atoms with Crippen molar-refractivity contribution in [2.45, 2.75) is 69.1 Å². The Morgan fingerprint density at radius 3 is 1.86 bits per heavy atom. The second-order valence-electron chi connectivity index (χ2n) is 8.16. The second-order valence-corrected chi connectivity index (χ2v) is 8.53. The van der Waals surface area contributed by atoms with E-state index >= 15 is 0 Å². The molecule has 14 heteroatoms. The molecule has 0 spiro atoms. The van der Waals surface area contributed by atoms with E-state index in [1.165, 1.54) is 12.5 Å². The highest BCUT2D eigenvalue weighted by atomic mass is 32.1. The van der Waals surface area contributed by atoms with E-state index in [-0.39, 0.29) is 18.6 Å². The molecule has 0 bridgehead atoms. The normalized spacial score (nSPS) is 14.4. The van der Waals surface area contributed by atoms with Crippen LogP contribution in [0.2, 0.25) is 0 Å². The Morgan fingerprint density at radius 1 is 0.914 bits per heavy atom. The molecule has 1 aromatic heterocycles. The number of unbranched alkanes of at least 4 members (excludes halogenated alkanes) is 2. The number of imidazole rings is 1. The van der Waals surface area contributed by atoms with Gasteiger partial charge in [0.05, 0.1) is 12.4 Å². The van der Waals surface area contributed by atoms with Crippen LogP contribution in [-0.4, -0.2) is 81.8 Å². The molecule has 4 atom stereocenters. The lowest BCUT2D eigenvalue weighted by atomic mass is 10.0. The zero-order chi connectivity index (χ0) is 26.2. The van der Waals surface area contributed by atoms with Gasteiger partial charge >= 0.3 is 5.97 Å². The number of carboxylic acid groups (broad SMARTS) is 1. The number of aromatic amines is 1. The predicted molar refractivity (Wildman–Crippen MR) is 133 cm³/mol. The van der Waals surface area contributed by atoms with Crippen LogP contribution < -0.4 is 33.2 Å². The maximum Gasteiger partial charge on any atom is 0.326 e. The van der Waals surface area contributed by atoms with Gasteiger partial charge in [0.25, 0.3) is 0 Å². The summed E-state index contributed by atoms with van der Waals surface area (Å²) in [6.07, 6.45) is 5.76. The molecule has 35 heavy (non-hydrogen) atoms. The van der Waals surface area contributed by atoms with Gasteiger partial charge in [0.15, 0.2) is 0 Å². The molecule has 0 aliphatic carbocycles. The number of amides is 3. The monoisotopic (exact) mass is 514 g/mol. The Labute approximate surface area is 210 Å². The lowest BCUT2D eigenvalue weighted by molar-refractivity contribution is -0.142. The van der Waals surface area contributed by atoms with Gasteiger partial charge in [0.2, 0.25) is 17.7 Å². The van der Waals surface area contributed by atoms with Crippen LogP contribution in [0.5, 0.6) is 0 Å². The van der Waals surface area contributed by atoms with Gasteiger partial charge in [-0.2, -0.15) is 12.6 Å². The minimum absolute atomic E-state index is 0.00999. The van der Waals surface area contributed by atoms with Gasteiger partial charge in [-0.15, -0.1) is 0 Å². The smallest absolute Gasteiger partial charge is 0.326 e. The number of thiol groups is 1. The van der Waals surface area contributed by atoms with Gasteiger partial charge in [-0.1, -0.05) is 0 Å². The van der Waals surface area contributed by atoms with E-state index in [9.17, 15) is 24.3 Å². The van der Waals surface area contributed by atoms with Crippen molar-refractivity contribution in [3.05, 3.63) is 18.2 Å². The number of hydrogen-bond donors (Lipinski definition) is 9. The first-order chi connectivity index (χ1) is 16.7. The molecule has 1 aromatic rings. The quantitative estimate of drug-likeness (QED) is 0.0778. The number of hydrogen-bond acceptors (Lipinski definition) is 9. The first-order valence-corrected chi connectivity index (χ1v) is 12.2. The van der Waals surface area contributed by atoms with Crippen LogP contribution in [0.4, 0.5) is 0 Å². The van der Waals surface area contributed by atoms with Crippen LogP contribution >= 0.6 is 12.6 Å². The molecule has 198 valence electrons. The van der Waals surface area contributed by atoms with Crippen molar-refractivity contribution < 1.29 is 24.3 Å². The summed E-state index contributed by atoms with van der Waals surface area (Å²) in [5.41, 5.74) is 17.3. The zero-order valence-electron chi connectivity index (χ0n) is 19.7. The number of nitrogens with zero attached hydrogens (tertiary/aromatic N) is 1. The van der Waals surface area contributed by atoms with Gasteiger partial charge < -0.3 is 43.2 Å². The third kappa shape index (κ3) is 11.5. The highest BCUT2D eigenvalue weighted by Gasteiger charge is 2.30. The van der Waals surface area contributed by atoms with Crippen LogP contribution in [0.15, 0.2) is 12.5 Å². The molecule has 1 heterocycles. The summed E-state index contributed by atoms with van der Waals surface area (Å²) in [6.45, 7) is 0.828. The molecule has 11 N–H and O–H groups in total. The number of aliphatic carboxylic acids is 1. The first-order valence-electron chi connectivity index (χ1n) is 11.6. The van der Waals surface area contributed by atoms with Crippen molar-refractivity contribution in [3.63, 3.8) is 0 Å². The van der Waals surface area contributed by atoms with E-state index < -0.39 is 47.9 Å². The highest BCUT2D eigenvalue weighted by Crippen LogP contribution is 2.07. The average molecular weight is 515 g/mol. The molecule has 3 amide bonds. The van der Waals surface area contributed by atoms with Crippen molar-refractivity contribution >= 4 is 36.3 Å². The standard InChI is InChI=1S/C21H38N8O5S/c22-7-3-1-5-15(27-18(30)14(24)11-35)19(31)28-16(6-2-4-8-23)20(32)29-17(21(33)34)9-13-10-25-12-26-13/h10,12,14-17,35H,1-9,11,22-24H2,(H,25,26)(H,27,30)(H,28,31)(H,29,32)(H,33,34). The Morgan fingerprint density at radius 2 is 1.43 bits per heavy atom. The zero-order valence-corrected chi connectivity index (χ0v) is 20.6. The molecular formula is C21H38N8O5S. The van der Waals surface area contributed by atoms with Gasteiger partial charge in [0.1, 0.15) is 18.1 Å². The third-order valence-electron chi connectivity index (χ3n) is 5.29. The molecule has 0 aliphatic rings. The Hall–Kier alpha value is -2.68. The number of aromatic nitrogens is 2. The van der Waals surface area contributed by atoms with Gasteiger partial charge in [-0.05, 0) is 51.6 Å². The van der Waals surface area contributed by atoms with Crippen LogP contribution in [0, 0.1) is 0 Å². The Balaban J connectivity index is 2.95. The van der Waals surface area contributed by atoms with Crippen molar-refractivity contribution in [1.82, 2.24) is 25.9 Å².